The molecule has 0 atom stereocenters. The van der Waals surface area contributed by atoms with E-state index in [1.807, 2.05) is 0 Å². The van der Waals surface area contributed by atoms with Gasteiger partial charge in [0.15, 0.2) is 5.67 Å². The molecule has 0 radical (unpaired) electrons. The molecular weight excluding hydrogens is 323 g/mol. The van der Waals surface area contributed by atoms with Gasteiger partial charge >= 0.3 is 0 Å². The Kier molecular flexibility index (Phi) is 3.72. The average Bonchev–Trinajstić information content (AvgIpc) is 2.67. The summed E-state index contributed by atoms with van der Waals surface area (Å²) in [5, 5.41) is 0. The molecule has 2 aromatic carbocycles. The summed E-state index contributed by atoms with van der Waals surface area (Å²) in [7, 11) is 1.45. The Labute approximate surface area is 144 Å². The van der Waals surface area contributed by atoms with Gasteiger partial charge in [-0.15, -0.1) is 0 Å². The predicted octanol–water partition coefficient (Wildman–Crippen LogP) is 3.48. The third-order valence-electron chi connectivity index (χ3n) is 4.19. The molecule has 6 heteroatoms. The zero-order chi connectivity index (χ0) is 17.3. The van der Waals surface area contributed by atoms with Crippen molar-refractivity contribution in [2.75, 3.05) is 13.9 Å². The summed E-state index contributed by atoms with van der Waals surface area (Å²) in [4.78, 5) is 8.06. The minimum absolute atomic E-state index is 0.00741. The normalized spacial score (nSPS) is 14.8. The number of methoxy groups -OCH3 is 1. The van der Waals surface area contributed by atoms with Crippen LogP contribution in [0, 0.1) is 0 Å². The van der Waals surface area contributed by atoms with Gasteiger partial charge in [-0.05, 0) is 12.1 Å². The second kappa shape index (κ2) is 6.05. The van der Waals surface area contributed by atoms with E-state index in [-0.39, 0.29) is 18.2 Å². The van der Waals surface area contributed by atoms with Crippen molar-refractivity contribution in [3.8, 4) is 17.4 Å². The highest BCUT2D eigenvalue weighted by Gasteiger charge is 2.45. The van der Waals surface area contributed by atoms with Crippen molar-refractivity contribution in [3.05, 3.63) is 77.7 Å². The molecule has 0 N–H and O–H groups in total. The Bertz CT molecular complexity index is 851. The van der Waals surface area contributed by atoms with Crippen molar-refractivity contribution in [2.24, 2.45) is 0 Å². The molecule has 1 aromatic heterocycles. The Balaban J connectivity index is 2.09. The van der Waals surface area contributed by atoms with Crippen molar-refractivity contribution in [3.63, 3.8) is 0 Å². The molecule has 126 valence electrons. The fraction of sp³-hybridized carbons (Fsp3) is 0.158. The van der Waals surface area contributed by atoms with Crippen LogP contribution in [0.3, 0.4) is 0 Å². The monoisotopic (exact) mass is 338 g/mol. The third kappa shape index (κ3) is 2.38. The summed E-state index contributed by atoms with van der Waals surface area (Å²) >= 11 is 0. The number of fused-ring (bicyclic) bond motifs is 2. The number of hydrogen-bond donors (Lipinski definition) is 0. The maximum atomic E-state index is 16.9. The van der Waals surface area contributed by atoms with Crippen LogP contribution in [0.25, 0.3) is 0 Å². The molecule has 5 nitrogen and oxygen atoms in total. The van der Waals surface area contributed by atoms with Gasteiger partial charge in [-0.25, -0.2) is 14.4 Å². The van der Waals surface area contributed by atoms with Gasteiger partial charge in [0.1, 0.15) is 17.8 Å². The third-order valence-corrected chi connectivity index (χ3v) is 4.19. The van der Waals surface area contributed by atoms with E-state index >= 15 is 4.39 Å². The maximum absolute atomic E-state index is 16.9. The minimum atomic E-state index is -2.10. The number of ether oxygens (including phenoxy) is 3. The lowest BCUT2D eigenvalue weighted by molar-refractivity contribution is 0.102. The number of halogens is 1. The summed E-state index contributed by atoms with van der Waals surface area (Å²) in [6, 6.07) is 13.9. The fourth-order valence-corrected chi connectivity index (χ4v) is 3.06. The van der Waals surface area contributed by atoms with Crippen LogP contribution < -0.4 is 14.2 Å². The Hall–Kier alpha value is -3.15. The molecule has 1 aliphatic heterocycles. The van der Waals surface area contributed by atoms with E-state index in [9.17, 15) is 0 Å². The molecule has 25 heavy (non-hydrogen) atoms. The average molecular weight is 338 g/mol. The Morgan fingerprint density at radius 2 is 1.56 bits per heavy atom. The SMILES string of the molecule is COc1ncncc1C1(F)c2ccccc2OCOc2ccccc21. The van der Waals surface area contributed by atoms with E-state index in [4.69, 9.17) is 14.2 Å². The van der Waals surface area contributed by atoms with Crippen LogP contribution in [0.1, 0.15) is 16.7 Å². The van der Waals surface area contributed by atoms with E-state index in [0.29, 0.717) is 22.6 Å². The highest BCUT2D eigenvalue weighted by atomic mass is 19.1. The first kappa shape index (κ1) is 15.4. The summed E-state index contributed by atoms with van der Waals surface area (Å²) < 4.78 is 33.4. The van der Waals surface area contributed by atoms with E-state index in [1.165, 1.54) is 19.6 Å². The van der Waals surface area contributed by atoms with Crippen molar-refractivity contribution in [2.45, 2.75) is 5.67 Å². The minimum Gasteiger partial charge on any atom is -0.481 e. The number of nitrogens with zero attached hydrogens (tertiary/aromatic N) is 2. The lowest BCUT2D eigenvalue weighted by Crippen LogP contribution is -2.29. The van der Waals surface area contributed by atoms with Crippen LogP contribution in [0.2, 0.25) is 0 Å². The molecule has 0 spiro atoms. The van der Waals surface area contributed by atoms with Crippen LogP contribution >= 0.6 is 0 Å². The first-order valence-electron chi connectivity index (χ1n) is 7.73. The topological polar surface area (TPSA) is 53.5 Å². The van der Waals surface area contributed by atoms with E-state index in [1.54, 1.807) is 48.5 Å². The number of benzene rings is 2. The fourth-order valence-electron chi connectivity index (χ4n) is 3.06. The van der Waals surface area contributed by atoms with Crippen LogP contribution in [0.5, 0.6) is 17.4 Å². The molecule has 0 fully saturated rings. The molecule has 0 aliphatic carbocycles. The number of para-hydroxylation sites is 2. The molecule has 1 aliphatic rings. The molecule has 3 aromatic rings. The Morgan fingerprint density at radius 3 is 2.16 bits per heavy atom. The van der Waals surface area contributed by atoms with E-state index in [0.717, 1.165) is 0 Å². The lowest BCUT2D eigenvalue weighted by atomic mass is 9.81. The number of aromatic nitrogens is 2. The van der Waals surface area contributed by atoms with Gasteiger partial charge in [0, 0.05) is 17.3 Å². The molecule has 2 heterocycles. The molecule has 4 rings (SSSR count). The van der Waals surface area contributed by atoms with Gasteiger partial charge in [0.2, 0.25) is 12.7 Å². The highest BCUT2D eigenvalue weighted by Crippen LogP contribution is 2.50. The maximum Gasteiger partial charge on any atom is 0.230 e. The van der Waals surface area contributed by atoms with Crippen LogP contribution in [-0.2, 0) is 5.67 Å². The van der Waals surface area contributed by atoms with Gasteiger partial charge in [0.05, 0.1) is 12.7 Å². The summed E-state index contributed by atoms with van der Waals surface area (Å²) in [6.45, 7) is -0.00741. The van der Waals surface area contributed by atoms with Crippen molar-refractivity contribution in [1.29, 1.82) is 0 Å². The molecule has 0 saturated carbocycles. The second-order valence-electron chi connectivity index (χ2n) is 5.50. The van der Waals surface area contributed by atoms with Crippen molar-refractivity contribution >= 4 is 0 Å². The summed E-state index contributed by atoms with van der Waals surface area (Å²) in [5.74, 6) is 0.943. The zero-order valence-corrected chi connectivity index (χ0v) is 13.5. The first-order chi connectivity index (χ1) is 12.2. The molecule has 0 amide bonds. The molecule has 0 saturated heterocycles. The van der Waals surface area contributed by atoms with Crippen molar-refractivity contribution < 1.29 is 18.6 Å². The zero-order valence-electron chi connectivity index (χ0n) is 13.5. The van der Waals surface area contributed by atoms with E-state index < -0.39 is 5.67 Å². The standard InChI is InChI=1S/C19H15FN2O3/c1-23-18-15(10-21-11-22-18)19(20)13-6-2-4-8-16(13)24-12-25-17-9-5-3-7-14(17)19/h2-11H,12H2,1H3. The smallest absolute Gasteiger partial charge is 0.230 e. The first-order valence-corrected chi connectivity index (χ1v) is 7.73. The predicted molar refractivity (Wildman–Crippen MR) is 88.6 cm³/mol. The molecular formula is C19H15FN2O3. The van der Waals surface area contributed by atoms with Gasteiger partial charge < -0.3 is 14.2 Å². The summed E-state index contributed by atoms with van der Waals surface area (Å²) in [6.07, 6.45) is 2.74. The van der Waals surface area contributed by atoms with Crippen LogP contribution in [0.4, 0.5) is 4.39 Å². The number of alkyl halides is 1. The summed E-state index contributed by atoms with van der Waals surface area (Å²) in [5.41, 5.74) is -1.22. The van der Waals surface area contributed by atoms with E-state index in [2.05, 4.69) is 9.97 Å². The second-order valence-corrected chi connectivity index (χ2v) is 5.50. The Morgan fingerprint density at radius 1 is 0.960 bits per heavy atom. The van der Waals surface area contributed by atoms with Gasteiger partial charge in [-0.1, -0.05) is 36.4 Å². The van der Waals surface area contributed by atoms with Gasteiger partial charge in [-0.2, -0.15) is 0 Å². The highest BCUT2D eigenvalue weighted by molar-refractivity contribution is 5.58. The van der Waals surface area contributed by atoms with Crippen LogP contribution in [-0.4, -0.2) is 23.9 Å². The van der Waals surface area contributed by atoms with Crippen molar-refractivity contribution in [1.82, 2.24) is 9.97 Å². The lowest BCUT2D eigenvalue weighted by Gasteiger charge is -2.32. The largest absolute Gasteiger partial charge is 0.481 e. The van der Waals surface area contributed by atoms with Crippen LogP contribution in [0.15, 0.2) is 61.1 Å². The molecule has 0 bridgehead atoms. The van der Waals surface area contributed by atoms with Gasteiger partial charge in [0.25, 0.3) is 0 Å². The molecule has 0 unspecified atom stereocenters. The number of hydrogen-bond acceptors (Lipinski definition) is 5. The van der Waals surface area contributed by atoms with Gasteiger partial charge in [-0.3, -0.25) is 0 Å². The number of rotatable bonds is 2. The quantitative estimate of drug-likeness (QED) is 0.716.